The van der Waals surface area contributed by atoms with Crippen LogP contribution in [0.25, 0.3) is 0 Å². The van der Waals surface area contributed by atoms with E-state index in [-0.39, 0.29) is 0 Å². The van der Waals surface area contributed by atoms with Crippen molar-refractivity contribution in [2.45, 2.75) is 32.3 Å². The Bertz CT molecular complexity index is 528. The SMILES string of the molecule is CC(c1ccccc1OCc1ccccc1)C1CC1. The van der Waals surface area contributed by atoms with E-state index < -0.39 is 0 Å². The van der Waals surface area contributed by atoms with Gasteiger partial charge in [0.2, 0.25) is 0 Å². The lowest BCUT2D eigenvalue weighted by Crippen LogP contribution is -2.02. The van der Waals surface area contributed by atoms with Crippen molar-refractivity contribution < 1.29 is 4.74 Å². The Morgan fingerprint density at radius 2 is 1.68 bits per heavy atom. The molecule has 1 nitrogen and oxygen atoms in total. The summed E-state index contributed by atoms with van der Waals surface area (Å²) in [5, 5.41) is 0. The van der Waals surface area contributed by atoms with Gasteiger partial charge in [0.25, 0.3) is 0 Å². The Hall–Kier alpha value is -1.76. The molecule has 0 aliphatic heterocycles. The van der Waals surface area contributed by atoms with Gasteiger partial charge in [-0.3, -0.25) is 0 Å². The molecule has 0 amide bonds. The summed E-state index contributed by atoms with van der Waals surface area (Å²) in [5.41, 5.74) is 2.58. The molecule has 0 radical (unpaired) electrons. The zero-order valence-corrected chi connectivity index (χ0v) is 11.4. The van der Waals surface area contributed by atoms with Crippen LogP contribution in [0.15, 0.2) is 54.6 Å². The number of rotatable bonds is 5. The van der Waals surface area contributed by atoms with Gasteiger partial charge in [-0.05, 0) is 41.9 Å². The van der Waals surface area contributed by atoms with Crippen molar-refractivity contribution in [1.82, 2.24) is 0 Å². The third kappa shape index (κ3) is 2.98. The normalized spacial score (nSPS) is 16.1. The van der Waals surface area contributed by atoms with E-state index in [4.69, 9.17) is 4.74 Å². The highest BCUT2D eigenvalue weighted by atomic mass is 16.5. The minimum atomic E-state index is 0.618. The summed E-state index contributed by atoms with van der Waals surface area (Å²) >= 11 is 0. The number of ether oxygens (including phenoxy) is 1. The topological polar surface area (TPSA) is 9.23 Å². The predicted octanol–water partition coefficient (Wildman–Crippen LogP) is 4.78. The van der Waals surface area contributed by atoms with Crippen molar-refractivity contribution in [1.29, 1.82) is 0 Å². The highest BCUT2D eigenvalue weighted by Gasteiger charge is 2.30. The summed E-state index contributed by atoms with van der Waals surface area (Å²) in [5.74, 6) is 2.53. The lowest BCUT2D eigenvalue weighted by atomic mass is 9.95. The summed E-state index contributed by atoms with van der Waals surface area (Å²) in [4.78, 5) is 0. The molecule has 1 unspecified atom stereocenters. The molecule has 0 N–H and O–H groups in total. The van der Waals surface area contributed by atoms with Gasteiger partial charge in [0.1, 0.15) is 12.4 Å². The van der Waals surface area contributed by atoms with Crippen molar-refractivity contribution in [3.05, 3.63) is 65.7 Å². The zero-order chi connectivity index (χ0) is 13.1. The lowest BCUT2D eigenvalue weighted by Gasteiger charge is -2.16. The minimum Gasteiger partial charge on any atom is -0.489 e. The van der Waals surface area contributed by atoms with E-state index in [1.54, 1.807) is 0 Å². The molecular formula is C18H20O. The fourth-order valence-electron chi connectivity index (χ4n) is 2.57. The van der Waals surface area contributed by atoms with Gasteiger partial charge in [-0.1, -0.05) is 55.5 Å². The Balaban J connectivity index is 1.73. The molecule has 0 saturated heterocycles. The van der Waals surface area contributed by atoms with Gasteiger partial charge < -0.3 is 4.74 Å². The zero-order valence-electron chi connectivity index (χ0n) is 11.4. The van der Waals surface area contributed by atoms with E-state index in [1.165, 1.54) is 24.0 Å². The summed E-state index contributed by atoms with van der Waals surface area (Å²) in [6.07, 6.45) is 2.74. The van der Waals surface area contributed by atoms with Gasteiger partial charge in [0.05, 0.1) is 0 Å². The van der Waals surface area contributed by atoms with Crippen molar-refractivity contribution in [3.63, 3.8) is 0 Å². The van der Waals surface area contributed by atoms with Crippen LogP contribution in [0.2, 0.25) is 0 Å². The molecule has 1 atom stereocenters. The van der Waals surface area contributed by atoms with Crippen LogP contribution in [-0.2, 0) is 6.61 Å². The molecule has 2 aromatic carbocycles. The van der Waals surface area contributed by atoms with Gasteiger partial charge in [-0.15, -0.1) is 0 Å². The van der Waals surface area contributed by atoms with E-state index in [0.29, 0.717) is 12.5 Å². The standard InChI is InChI=1S/C18H20O/c1-14(16-11-12-16)17-9-5-6-10-18(17)19-13-15-7-3-2-4-8-15/h2-10,14,16H,11-13H2,1H3. The van der Waals surface area contributed by atoms with Gasteiger partial charge in [0, 0.05) is 0 Å². The molecule has 0 heterocycles. The maximum Gasteiger partial charge on any atom is 0.123 e. The summed E-state index contributed by atoms with van der Waals surface area (Å²) < 4.78 is 6.02. The molecule has 0 spiro atoms. The first-order valence-corrected chi connectivity index (χ1v) is 7.10. The molecule has 1 aliphatic carbocycles. The van der Waals surface area contributed by atoms with Crippen LogP contribution in [0.5, 0.6) is 5.75 Å². The molecule has 1 heteroatoms. The van der Waals surface area contributed by atoms with Crippen LogP contribution < -0.4 is 4.74 Å². The molecule has 1 fully saturated rings. The van der Waals surface area contributed by atoms with E-state index in [2.05, 4.69) is 55.5 Å². The molecule has 98 valence electrons. The van der Waals surface area contributed by atoms with E-state index in [0.717, 1.165) is 11.7 Å². The first kappa shape index (κ1) is 12.3. The fraction of sp³-hybridized carbons (Fsp3) is 0.333. The lowest BCUT2D eigenvalue weighted by molar-refractivity contribution is 0.300. The summed E-state index contributed by atoms with van der Waals surface area (Å²) in [7, 11) is 0. The smallest absolute Gasteiger partial charge is 0.123 e. The quantitative estimate of drug-likeness (QED) is 0.744. The molecular weight excluding hydrogens is 232 g/mol. The van der Waals surface area contributed by atoms with E-state index in [9.17, 15) is 0 Å². The molecule has 19 heavy (non-hydrogen) atoms. The maximum absolute atomic E-state index is 6.02. The Labute approximate surface area is 115 Å². The molecule has 1 saturated carbocycles. The molecule has 1 aliphatic rings. The fourth-order valence-corrected chi connectivity index (χ4v) is 2.57. The molecule has 0 bridgehead atoms. The first-order chi connectivity index (χ1) is 9.34. The number of hydrogen-bond acceptors (Lipinski definition) is 1. The summed E-state index contributed by atoms with van der Waals surface area (Å²) in [6, 6.07) is 18.8. The van der Waals surface area contributed by atoms with Crippen LogP contribution in [0.1, 0.15) is 36.8 Å². The number of para-hydroxylation sites is 1. The molecule has 3 rings (SSSR count). The van der Waals surface area contributed by atoms with E-state index in [1.807, 2.05) is 6.07 Å². The molecule has 0 aromatic heterocycles. The van der Waals surface area contributed by atoms with Crippen LogP contribution in [0.4, 0.5) is 0 Å². The second-order valence-corrected chi connectivity index (χ2v) is 5.44. The van der Waals surface area contributed by atoms with Crippen LogP contribution in [0, 0.1) is 5.92 Å². The average Bonchev–Trinajstić information content (AvgIpc) is 3.30. The second-order valence-electron chi connectivity index (χ2n) is 5.44. The highest BCUT2D eigenvalue weighted by Crippen LogP contribution is 2.44. The van der Waals surface area contributed by atoms with Gasteiger partial charge in [-0.2, -0.15) is 0 Å². The predicted molar refractivity (Wildman–Crippen MR) is 78.4 cm³/mol. The van der Waals surface area contributed by atoms with Gasteiger partial charge in [0.15, 0.2) is 0 Å². The van der Waals surface area contributed by atoms with Crippen LogP contribution in [0.3, 0.4) is 0 Å². The Kier molecular flexibility index (Phi) is 3.54. The minimum absolute atomic E-state index is 0.618. The maximum atomic E-state index is 6.02. The summed E-state index contributed by atoms with van der Waals surface area (Å²) in [6.45, 7) is 2.97. The monoisotopic (exact) mass is 252 g/mol. The van der Waals surface area contributed by atoms with Crippen molar-refractivity contribution >= 4 is 0 Å². The van der Waals surface area contributed by atoms with Crippen LogP contribution in [-0.4, -0.2) is 0 Å². The second kappa shape index (κ2) is 5.48. The van der Waals surface area contributed by atoms with Crippen molar-refractivity contribution in [3.8, 4) is 5.75 Å². The van der Waals surface area contributed by atoms with Crippen LogP contribution >= 0.6 is 0 Å². The highest BCUT2D eigenvalue weighted by molar-refractivity contribution is 5.37. The number of hydrogen-bond donors (Lipinski definition) is 0. The third-order valence-corrected chi connectivity index (χ3v) is 3.98. The van der Waals surface area contributed by atoms with Gasteiger partial charge in [-0.25, -0.2) is 0 Å². The molecule has 2 aromatic rings. The first-order valence-electron chi connectivity index (χ1n) is 7.10. The largest absolute Gasteiger partial charge is 0.489 e. The van der Waals surface area contributed by atoms with Gasteiger partial charge >= 0.3 is 0 Å². The Morgan fingerprint density at radius 1 is 1.00 bits per heavy atom. The third-order valence-electron chi connectivity index (χ3n) is 3.98. The average molecular weight is 252 g/mol. The van der Waals surface area contributed by atoms with E-state index >= 15 is 0 Å². The Morgan fingerprint density at radius 3 is 2.42 bits per heavy atom. The number of benzene rings is 2. The van der Waals surface area contributed by atoms with Crippen molar-refractivity contribution in [2.24, 2.45) is 5.92 Å². The van der Waals surface area contributed by atoms with Crippen molar-refractivity contribution in [2.75, 3.05) is 0 Å².